The van der Waals surface area contributed by atoms with Crippen molar-refractivity contribution in [2.24, 2.45) is 0 Å². The van der Waals surface area contributed by atoms with Crippen molar-refractivity contribution in [3.8, 4) is 5.75 Å². The number of hydrogen-bond donors (Lipinski definition) is 0. The smallest absolute Gasteiger partial charge is 0.392 e. The first-order chi connectivity index (χ1) is 12.4. The van der Waals surface area contributed by atoms with Gasteiger partial charge in [-0.3, -0.25) is 0 Å². The van der Waals surface area contributed by atoms with Crippen LogP contribution in [0.2, 0.25) is 23.1 Å². The lowest BCUT2D eigenvalue weighted by Gasteiger charge is -2.24. The van der Waals surface area contributed by atoms with Gasteiger partial charge in [0.2, 0.25) is 0 Å². The third kappa shape index (κ3) is 11.5. The van der Waals surface area contributed by atoms with Gasteiger partial charge < -0.3 is 8.85 Å². The highest BCUT2D eigenvalue weighted by Crippen LogP contribution is 2.30. The second kappa shape index (κ2) is 13.9. The molecular formula is C21H36Cl2O2Si. The minimum atomic E-state index is -2.24. The molecule has 0 amide bonds. The second-order valence-electron chi connectivity index (χ2n) is 7.46. The quantitative estimate of drug-likeness (QED) is 0.210. The highest BCUT2D eigenvalue weighted by atomic mass is 35.5. The van der Waals surface area contributed by atoms with Crippen molar-refractivity contribution in [3.63, 3.8) is 0 Å². The molecule has 2 nitrogen and oxygen atoms in total. The predicted molar refractivity (Wildman–Crippen MR) is 117 cm³/mol. The molecule has 0 unspecified atom stereocenters. The van der Waals surface area contributed by atoms with Gasteiger partial charge >= 0.3 is 8.56 Å². The molecule has 1 rings (SSSR count). The third-order valence-electron chi connectivity index (χ3n) is 4.45. The molecule has 0 N–H and O–H groups in total. The Labute approximate surface area is 171 Å². The molecule has 1 aromatic rings. The molecule has 0 saturated heterocycles. The minimum absolute atomic E-state index is 0.577. The number of unbranched alkanes of at least 4 members (excludes halogenated alkanes) is 10. The molecule has 0 atom stereocenters. The van der Waals surface area contributed by atoms with Gasteiger partial charge in [0.15, 0.2) is 0 Å². The summed E-state index contributed by atoms with van der Waals surface area (Å²) in [6.45, 7) is 7.12. The maximum Gasteiger partial charge on any atom is 0.392 e. The van der Waals surface area contributed by atoms with Gasteiger partial charge in [0.25, 0.3) is 0 Å². The number of rotatable bonds is 15. The van der Waals surface area contributed by atoms with Crippen LogP contribution in [-0.2, 0) is 4.43 Å². The van der Waals surface area contributed by atoms with Gasteiger partial charge in [-0.25, -0.2) is 0 Å². The standard InChI is InChI=1S/C21H36Cl2O2Si/c1-4-5-6-7-8-9-10-11-12-13-14-17-24-26(2,3)25-21-18-19(22)15-16-20(21)23/h15-16,18H,4-14,17H2,1-3H3. The van der Waals surface area contributed by atoms with Crippen LogP contribution in [0.1, 0.15) is 77.6 Å². The molecule has 0 heterocycles. The molecule has 0 aromatic heterocycles. The van der Waals surface area contributed by atoms with Gasteiger partial charge in [-0.2, -0.15) is 0 Å². The zero-order valence-electron chi connectivity index (χ0n) is 16.8. The van der Waals surface area contributed by atoms with Crippen LogP contribution in [0.3, 0.4) is 0 Å². The summed E-state index contributed by atoms with van der Waals surface area (Å²) >= 11 is 12.2. The summed E-state index contributed by atoms with van der Waals surface area (Å²) in [5.74, 6) is 0.620. The van der Waals surface area contributed by atoms with Crippen LogP contribution in [0, 0.1) is 0 Å². The molecule has 0 fully saturated rings. The highest BCUT2D eigenvalue weighted by Gasteiger charge is 2.27. The first kappa shape index (κ1) is 23.8. The first-order valence-corrected chi connectivity index (χ1v) is 13.8. The summed E-state index contributed by atoms with van der Waals surface area (Å²) in [7, 11) is -2.24. The van der Waals surface area contributed by atoms with Crippen LogP contribution in [0.5, 0.6) is 5.75 Å². The van der Waals surface area contributed by atoms with Crippen LogP contribution < -0.4 is 4.43 Å². The van der Waals surface area contributed by atoms with Crippen molar-refractivity contribution >= 4 is 31.8 Å². The summed E-state index contributed by atoms with van der Waals surface area (Å²) in [4.78, 5) is 0. The lowest BCUT2D eigenvalue weighted by atomic mass is 10.1. The van der Waals surface area contributed by atoms with Crippen molar-refractivity contribution in [2.75, 3.05) is 6.61 Å². The van der Waals surface area contributed by atoms with Crippen molar-refractivity contribution in [2.45, 2.75) is 90.6 Å². The van der Waals surface area contributed by atoms with E-state index in [-0.39, 0.29) is 0 Å². The molecule has 1 aromatic carbocycles. The highest BCUT2D eigenvalue weighted by molar-refractivity contribution is 6.65. The Morgan fingerprint density at radius 3 is 1.92 bits per heavy atom. The summed E-state index contributed by atoms with van der Waals surface area (Å²) in [5.41, 5.74) is 0. The van der Waals surface area contributed by atoms with E-state index >= 15 is 0 Å². The van der Waals surface area contributed by atoms with Gasteiger partial charge in [0.05, 0.1) is 5.02 Å². The molecule has 0 spiro atoms. The molecule has 0 radical (unpaired) electrons. The molecule has 0 aliphatic carbocycles. The van der Waals surface area contributed by atoms with E-state index in [1.165, 1.54) is 64.2 Å². The van der Waals surface area contributed by atoms with Crippen LogP contribution in [0.25, 0.3) is 0 Å². The van der Waals surface area contributed by atoms with Crippen molar-refractivity contribution in [3.05, 3.63) is 28.2 Å². The first-order valence-electron chi connectivity index (χ1n) is 10.2. The lowest BCUT2D eigenvalue weighted by Crippen LogP contribution is -2.38. The van der Waals surface area contributed by atoms with E-state index in [0.29, 0.717) is 15.8 Å². The zero-order chi connectivity index (χ0) is 19.3. The second-order valence-corrected chi connectivity index (χ2v) is 11.6. The van der Waals surface area contributed by atoms with Gasteiger partial charge in [-0.1, -0.05) is 94.3 Å². The molecule has 5 heteroatoms. The zero-order valence-corrected chi connectivity index (χ0v) is 19.3. The predicted octanol–water partition coefficient (Wildman–Crippen LogP) is 8.40. The lowest BCUT2D eigenvalue weighted by molar-refractivity contribution is 0.241. The molecule has 26 heavy (non-hydrogen) atoms. The van der Waals surface area contributed by atoms with Crippen LogP contribution in [0.4, 0.5) is 0 Å². The minimum Gasteiger partial charge on any atom is -0.519 e. The van der Waals surface area contributed by atoms with E-state index in [4.69, 9.17) is 32.1 Å². The van der Waals surface area contributed by atoms with Gasteiger partial charge in [0.1, 0.15) is 5.75 Å². The maximum absolute atomic E-state index is 6.16. The van der Waals surface area contributed by atoms with E-state index in [2.05, 4.69) is 6.92 Å². The summed E-state index contributed by atoms with van der Waals surface area (Å²) in [6.07, 6.45) is 14.7. The topological polar surface area (TPSA) is 18.5 Å². The SMILES string of the molecule is CCCCCCCCCCCCCO[Si](C)(C)Oc1cc(Cl)ccc1Cl. The average Bonchev–Trinajstić information content (AvgIpc) is 2.59. The summed E-state index contributed by atoms with van der Waals surface area (Å²) in [6, 6.07) is 5.27. The van der Waals surface area contributed by atoms with E-state index in [1.54, 1.807) is 18.2 Å². The van der Waals surface area contributed by atoms with E-state index < -0.39 is 8.56 Å². The fourth-order valence-corrected chi connectivity index (χ4v) is 4.71. The third-order valence-corrected chi connectivity index (χ3v) is 6.60. The average molecular weight is 420 g/mol. The van der Waals surface area contributed by atoms with Gasteiger partial charge in [-0.15, -0.1) is 0 Å². The largest absolute Gasteiger partial charge is 0.519 e. The van der Waals surface area contributed by atoms with E-state index in [0.717, 1.165) is 13.0 Å². The molecule has 150 valence electrons. The van der Waals surface area contributed by atoms with Crippen molar-refractivity contribution in [1.29, 1.82) is 0 Å². The molecular weight excluding hydrogens is 383 g/mol. The van der Waals surface area contributed by atoms with Crippen molar-refractivity contribution < 1.29 is 8.85 Å². The van der Waals surface area contributed by atoms with Crippen LogP contribution in [0.15, 0.2) is 18.2 Å². The maximum atomic E-state index is 6.16. The monoisotopic (exact) mass is 418 g/mol. The van der Waals surface area contributed by atoms with Crippen LogP contribution in [-0.4, -0.2) is 15.2 Å². The van der Waals surface area contributed by atoms with E-state index in [9.17, 15) is 0 Å². The molecule has 0 saturated carbocycles. The fourth-order valence-electron chi connectivity index (χ4n) is 2.93. The molecule has 0 aliphatic rings. The number of halogens is 2. The van der Waals surface area contributed by atoms with Crippen molar-refractivity contribution in [1.82, 2.24) is 0 Å². The van der Waals surface area contributed by atoms with Gasteiger partial charge in [-0.05, 0) is 37.7 Å². The Morgan fingerprint density at radius 1 is 0.808 bits per heavy atom. The molecule has 0 aliphatic heterocycles. The Balaban J connectivity index is 2.05. The molecule has 0 bridgehead atoms. The fraction of sp³-hybridized carbons (Fsp3) is 0.714. The number of benzene rings is 1. The summed E-state index contributed by atoms with van der Waals surface area (Å²) < 4.78 is 12.0. The Bertz CT molecular complexity index is 495. The van der Waals surface area contributed by atoms with Gasteiger partial charge in [0, 0.05) is 11.6 Å². The Morgan fingerprint density at radius 2 is 1.35 bits per heavy atom. The Kier molecular flexibility index (Phi) is 12.7. The number of hydrogen-bond acceptors (Lipinski definition) is 2. The normalized spacial score (nSPS) is 11.7. The van der Waals surface area contributed by atoms with E-state index in [1.807, 2.05) is 13.1 Å². The Hall–Kier alpha value is -0.223. The summed E-state index contributed by atoms with van der Waals surface area (Å²) in [5, 5.41) is 1.20. The van der Waals surface area contributed by atoms with Crippen LogP contribution >= 0.6 is 23.2 Å².